The maximum Gasteiger partial charge on any atom is 0.242 e. The van der Waals surface area contributed by atoms with Crippen molar-refractivity contribution in [3.8, 4) is 0 Å². The Kier molecular flexibility index (Phi) is 4.46. The minimum atomic E-state index is -3.85. The number of para-hydroxylation sites is 1. The average Bonchev–Trinajstić information content (AvgIpc) is 2.39. The predicted molar refractivity (Wildman–Crippen MR) is 75.6 cm³/mol. The van der Waals surface area contributed by atoms with Crippen LogP contribution in [0, 0.1) is 0 Å². The third-order valence-electron chi connectivity index (χ3n) is 2.69. The van der Waals surface area contributed by atoms with Gasteiger partial charge >= 0.3 is 0 Å². The van der Waals surface area contributed by atoms with Gasteiger partial charge in [0.15, 0.2) is 0 Å². The van der Waals surface area contributed by atoms with E-state index in [-0.39, 0.29) is 22.5 Å². The molecule has 1 aliphatic heterocycles. The van der Waals surface area contributed by atoms with Crippen molar-refractivity contribution in [3.63, 3.8) is 0 Å². The van der Waals surface area contributed by atoms with Gasteiger partial charge in [0.1, 0.15) is 4.90 Å². The Morgan fingerprint density at radius 2 is 2.16 bits per heavy atom. The van der Waals surface area contributed by atoms with Crippen LogP contribution in [0.4, 0.5) is 5.69 Å². The van der Waals surface area contributed by atoms with Gasteiger partial charge in [-0.15, -0.1) is 0 Å². The van der Waals surface area contributed by atoms with Crippen molar-refractivity contribution >= 4 is 33.4 Å². The predicted octanol–water partition coefficient (Wildman–Crippen LogP) is -0.0225. The Morgan fingerprint density at radius 3 is 2.79 bits per heavy atom. The van der Waals surface area contributed by atoms with Gasteiger partial charge in [-0.3, -0.25) is 4.79 Å². The number of carbonyl (C=O) groups excluding carboxylic acids is 1. The van der Waals surface area contributed by atoms with Crippen LogP contribution >= 0.6 is 11.8 Å². The molecule has 4 N–H and O–H groups in total. The molecule has 104 valence electrons. The highest BCUT2D eigenvalue weighted by Crippen LogP contribution is 2.20. The Morgan fingerprint density at radius 1 is 1.42 bits per heavy atom. The molecule has 1 aromatic rings. The van der Waals surface area contributed by atoms with Gasteiger partial charge < -0.3 is 10.6 Å². The number of benzene rings is 1. The Hall–Kier alpha value is -1.09. The molecule has 0 spiro atoms. The number of carbonyl (C=O) groups is 1. The van der Waals surface area contributed by atoms with Crippen molar-refractivity contribution < 1.29 is 13.2 Å². The lowest BCUT2D eigenvalue weighted by atomic mass is 10.2. The first kappa shape index (κ1) is 14.3. The van der Waals surface area contributed by atoms with Gasteiger partial charge in [0, 0.05) is 18.1 Å². The molecule has 0 radical (unpaired) electrons. The number of nitrogens with one attached hydrogen (secondary N) is 2. The minimum Gasteiger partial charge on any atom is -0.323 e. The normalized spacial score (nSPS) is 19.9. The summed E-state index contributed by atoms with van der Waals surface area (Å²) in [6, 6.07) is 5.78. The molecule has 1 heterocycles. The number of nitrogens with two attached hydrogens (primary N) is 1. The van der Waals surface area contributed by atoms with Crippen LogP contribution in [0.5, 0.6) is 0 Å². The zero-order valence-corrected chi connectivity index (χ0v) is 11.8. The van der Waals surface area contributed by atoms with Gasteiger partial charge in [0.25, 0.3) is 0 Å². The lowest BCUT2D eigenvalue weighted by Crippen LogP contribution is -2.46. The van der Waals surface area contributed by atoms with E-state index >= 15 is 0 Å². The molecule has 1 saturated heterocycles. The summed E-state index contributed by atoms with van der Waals surface area (Å²) in [4.78, 5) is 11.9. The second-order valence-electron chi connectivity index (χ2n) is 4.11. The Balaban J connectivity index is 2.17. The van der Waals surface area contributed by atoms with Gasteiger partial charge in [-0.2, -0.15) is 11.8 Å². The number of primary sulfonamides is 1. The number of thioether (sulfide) groups is 1. The van der Waals surface area contributed by atoms with Crippen molar-refractivity contribution in [2.75, 3.05) is 23.4 Å². The number of anilines is 1. The summed E-state index contributed by atoms with van der Waals surface area (Å²) in [5.41, 5.74) is 0.215. The van der Waals surface area contributed by atoms with Crippen LogP contribution < -0.4 is 15.8 Å². The number of rotatable bonds is 3. The summed E-state index contributed by atoms with van der Waals surface area (Å²) in [6.45, 7) is 0.763. The molecule has 6 nitrogen and oxygen atoms in total. The highest BCUT2D eigenvalue weighted by molar-refractivity contribution is 7.99. The molecule has 1 atom stereocenters. The van der Waals surface area contributed by atoms with Crippen molar-refractivity contribution in [1.29, 1.82) is 0 Å². The molecule has 0 aromatic heterocycles. The largest absolute Gasteiger partial charge is 0.323 e. The van der Waals surface area contributed by atoms with E-state index in [1.54, 1.807) is 23.9 Å². The van der Waals surface area contributed by atoms with Crippen LogP contribution in [-0.4, -0.2) is 38.4 Å². The lowest BCUT2D eigenvalue weighted by molar-refractivity contribution is -0.117. The second kappa shape index (κ2) is 5.91. The molecular formula is C11H15N3O3S2. The first-order chi connectivity index (χ1) is 8.98. The molecule has 19 heavy (non-hydrogen) atoms. The standard InChI is InChI=1S/C11H15N3O3S2/c12-19(16,17)10-4-2-1-3-8(10)14-11(15)9-7-18-6-5-13-9/h1-4,9,13H,5-7H2,(H,14,15)(H2,12,16,17). The number of hydrogen-bond acceptors (Lipinski definition) is 5. The molecule has 1 aliphatic rings. The van der Waals surface area contributed by atoms with Crippen LogP contribution in [0.2, 0.25) is 0 Å². The third kappa shape index (κ3) is 3.69. The van der Waals surface area contributed by atoms with E-state index in [2.05, 4.69) is 10.6 Å². The number of amides is 1. The van der Waals surface area contributed by atoms with E-state index in [1.165, 1.54) is 12.1 Å². The molecule has 1 unspecified atom stereocenters. The molecule has 1 fully saturated rings. The first-order valence-electron chi connectivity index (χ1n) is 5.72. The van der Waals surface area contributed by atoms with Crippen LogP contribution in [0.1, 0.15) is 0 Å². The third-order valence-corrected chi connectivity index (χ3v) is 4.72. The molecule has 0 saturated carbocycles. The maximum absolute atomic E-state index is 12.0. The molecule has 1 amide bonds. The van der Waals surface area contributed by atoms with E-state index in [0.717, 1.165) is 12.3 Å². The van der Waals surface area contributed by atoms with Crippen molar-refractivity contribution in [2.45, 2.75) is 10.9 Å². The summed E-state index contributed by atoms with van der Waals surface area (Å²) < 4.78 is 22.8. The monoisotopic (exact) mass is 301 g/mol. The summed E-state index contributed by atoms with van der Waals surface area (Å²) >= 11 is 1.69. The molecule has 0 bridgehead atoms. The van der Waals surface area contributed by atoms with Gasteiger partial charge in [0.05, 0.1) is 11.7 Å². The lowest BCUT2D eigenvalue weighted by Gasteiger charge is -2.22. The highest BCUT2D eigenvalue weighted by atomic mass is 32.2. The SMILES string of the molecule is NS(=O)(=O)c1ccccc1NC(=O)C1CSCCN1. The zero-order chi connectivity index (χ0) is 13.9. The van der Waals surface area contributed by atoms with Crippen LogP contribution in [0.25, 0.3) is 0 Å². The van der Waals surface area contributed by atoms with Gasteiger partial charge in [0.2, 0.25) is 15.9 Å². The molecule has 2 rings (SSSR count). The first-order valence-corrected chi connectivity index (χ1v) is 8.42. The molecule has 0 aliphatic carbocycles. The fourth-order valence-corrected chi connectivity index (χ4v) is 3.40. The van der Waals surface area contributed by atoms with E-state index in [1.807, 2.05) is 0 Å². The summed E-state index contributed by atoms with van der Waals surface area (Å²) in [5.74, 6) is 1.39. The van der Waals surface area contributed by atoms with Gasteiger partial charge in [-0.1, -0.05) is 12.1 Å². The van der Waals surface area contributed by atoms with Crippen LogP contribution in [0.15, 0.2) is 29.2 Å². The van der Waals surface area contributed by atoms with E-state index in [9.17, 15) is 13.2 Å². The average molecular weight is 301 g/mol. The number of sulfonamides is 1. The highest BCUT2D eigenvalue weighted by Gasteiger charge is 2.23. The van der Waals surface area contributed by atoms with E-state index in [4.69, 9.17) is 5.14 Å². The second-order valence-corrected chi connectivity index (χ2v) is 6.79. The quantitative estimate of drug-likeness (QED) is 0.728. The molecular weight excluding hydrogens is 286 g/mol. The number of hydrogen-bond donors (Lipinski definition) is 3. The topological polar surface area (TPSA) is 101 Å². The van der Waals surface area contributed by atoms with Gasteiger partial charge in [-0.25, -0.2) is 13.6 Å². The maximum atomic E-state index is 12.0. The molecule has 1 aromatic carbocycles. The Labute approximate surface area is 116 Å². The van der Waals surface area contributed by atoms with Crippen molar-refractivity contribution in [1.82, 2.24) is 5.32 Å². The summed E-state index contributed by atoms with van der Waals surface area (Å²) in [6.07, 6.45) is 0. The van der Waals surface area contributed by atoms with Crippen LogP contribution in [-0.2, 0) is 14.8 Å². The molecule has 8 heteroatoms. The fourth-order valence-electron chi connectivity index (χ4n) is 1.77. The summed E-state index contributed by atoms with van der Waals surface area (Å²) in [5, 5.41) is 10.8. The summed E-state index contributed by atoms with van der Waals surface area (Å²) in [7, 11) is -3.85. The minimum absolute atomic E-state index is 0.0770. The van der Waals surface area contributed by atoms with E-state index in [0.29, 0.717) is 5.75 Å². The van der Waals surface area contributed by atoms with Crippen molar-refractivity contribution in [3.05, 3.63) is 24.3 Å². The smallest absolute Gasteiger partial charge is 0.242 e. The van der Waals surface area contributed by atoms with E-state index < -0.39 is 10.0 Å². The van der Waals surface area contributed by atoms with Crippen molar-refractivity contribution in [2.24, 2.45) is 5.14 Å². The van der Waals surface area contributed by atoms with Gasteiger partial charge in [-0.05, 0) is 12.1 Å². The Bertz CT molecular complexity index is 568. The van der Waals surface area contributed by atoms with Crippen LogP contribution in [0.3, 0.4) is 0 Å². The zero-order valence-electron chi connectivity index (χ0n) is 10.1. The fraction of sp³-hybridized carbons (Fsp3) is 0.364.